The summed E-state index contributed by atoms with van der Waals surface area (Å²) in [6.45, 7) is 1.27. The van der Waals surface area contributed by atoms with Gasteiger partial charge in [-0.3, -0.25) is 9.59 Å². The molecule has 0 fully saturated rings. The fourth-order valence-electron chi connectivity index (χ4n) is 1.09. The van der Waals surface area contributed by atoms with Gasteiger partial charge in [0.05, 0.1) is 0 Å². The van der Waals surface area contributed by atoms with Gasteiger partial charge in [0.1, 0.15) is 12.1 Å². The molecule has 19 heavy (non-hydrogen) atoms. The van der Waals surface area contributed by atoms with Gasteiger partial charge in [0.15, 0.2) is 0 Å². The highest BCUT2D eigenvalue weighted by atomic mass is 33.1. The number of hydrogen-bond donors (Lipinski definition) is 4. The first-order chi connectivity index (χ1) is 8.84. The van der Waals surface area contributed by atoms with E-state index in [0.717, 1.165) is 0 Å². The van der Waals surface area contributed by atoms with E-state index in [1.54, 1.807) is 0 Å². The quantitative estimate of drug-likeness (QED) is 0.331. The Morgan fingerprint density at radius 1 is 1.11 bits per heavy atom. The Morgan fingerprint density at radius 2 is 1.63 bits per heavy atom. The predicted molar refractivity (Wildman–Crippen MR) is 75.0 cm³/mol. The third-order valence-electron chi connectivity index (χ3n) is 2.08. The van der Waals surface area contributed by atoms with Crippen LogP contribution >= 0.6 is 21.6 Å². The van der Waals surface area contributed by atoms with Crippen LogP contribution in [0.1, 0.15) is 19.8 Å². The number of carboxylic acids is 2. The van der Waals surface area contributed by atoms with Crippen molar-refractivity contribution in [2.45, 2.75) is 31.8 Å². The molecule has 0 saturated heterocycles. The van der Waals surface area contributed by atoms with Crippen molar-refractivity contribution in [3.8, 4) is 0 Å². The van der Waals surface area contributed by atoms with Crippen LogP contribution in [-0.2, 0) is 14.4 Å². The fourth-order valence-corrected chi connectivity index (χ4v) is 3.29. The third-order valence-corrected chi connectivity index (χ3v) is 4.55. The van der Waals surface area contributed by atoms with E-state index in [9.17, 15) is 14.4 Å². The van der Waals surface area contributed by atoms with Crippen LogP contribution in [0, 0.1) is 0 Å². The van der Waals surface area contributed by atoms with Crippen LogP contribution in [0.2, 0.25) is 0 Å². The zero-order valence-electron chi connectivity index (χ0n) is 10.5. The van der Waals surface area contributed by atoms with Gasteiger partial charge in [0, 0.05) is 18.4 Å². The van der Waals surface area contributed by atoms with Gasteiger partial charge >= 0.3 is 11.9 Å². The maximum absolute atomic E-state index is 10.8. The standard InChI is InChI=1S/C10H18N2O5S2/c1-6(13)12-8(10(16)17)3-5-19-18-4-2-7(11)9(14)15/h7-8H,2-5,11H2,1H3,(H,12,13)(H,14,15)(H,16,17)/t7-,8-/m0/s1. The number of hydrogen-bond acceptors (Lipinski definition) is 6. The second kappa shape index (κ2) is 9.93. The van der Waals surface area contributed by atoms with Crippen LogP contribution in [-0.4, -0.2) is 51.6 Å². The lowest BCUT2D eigenvalue weighted by Gasteiger charge is -2.12. The van der Waals surface area contributed by atoms with Crippen LogP contribution in [0.3, 0.4) is 0 Å². The average molecular weight is 310 g/mol. The topological polar surface area (TPSA) is 130 Å². The van der Waals surface area contributed by atoms with Crippen LogP contribution in [0.25, 0.3) is 0 Å². The Labute approximate surface area is 119 Å². The molecule has 0 rings (SSSR count). The molecule has 0 bridgehead atoms. The molecule has 0 spiro atoms. The predicted octanol–water partition coefficient (Wildman–Crippen LogP) is 0.149. The van der Waals surface area contributed by atoms with E-state index < -0.39 is 24.0 Å². The zero-order chi connectivity index (χ0) is 14.8. The Bertz CT molecular complexity index is 327. The Morgan fingerprint density at radius 3 is 2.05 bits per heavy atom. The Balaban J connectivity index is 3.69. The van der Waals surface area contributed by atoms with Crippen molar-refractivity contribution in [1.82, 2.24) is 5.32 Å². The molecule has 0 aromatic carbocycles. The number of rotatable bonds is 10. The first-order valence-electron chi connectivity index (χ1n) is 5.57. The highest BCUT2D eigenvalue weighted by molar-refractivity contribution is 8.76. The minimum Gasteiger partial charge on any atom is -0.480 e. The van der Waals surface area contributed by atoms with Crippen molar-refractivity contribution in [1.29, 1.82) is 0 Å². The van der Waals surface area contributed by atoms with E-state index in [0.29, 0.717) is 24.3 Å². The first-order valence-corrected chi connectivity index (χ1v) is 8.06. The summed E-state index contributed by atoms with van der Waals surface area (Å²) in [6.07, 6.45) is 0.679. The van der Waals surface area contributed by atoms with Gasteiger partial charge < -0.3 is 21.3 Å². The molecule has 0 aliphatic heterocycles. The lowest BCUT2D eigenvalue weighted by Crippen LogP contribution is -2.39. The summed E-state index contributed by atoms with van der Waals surface area (Å²) in [7, 11) is 2.87. The SMILES string of the molecule is CC(=O)N[C@@H](CCSSCC[C@H](N)C(=O)O)C(=O)O. The summed E-state index contributed by atoms with van der Waals surface area (Å²) in [6, 6.07) is -1.74. The third kappa shape index (κ3) is 9.62. The van der Waals surface area contributed by atoms with Gasteiger partial charge in [-0.15, -0.1) is 0 Å². The second-order valence-corrected chi connectivity index (χ2v) is 6.46. The van der Waals surface area contributed by atoms with E-state index in [2.05, 4.69) is 5.32 Å². The maximum atomic E-state index is 10.8. The van der Waals surface area contributed by atoms with Gasteiger partial charge in [-0.1, -0.05) is 21.6 Å². The van der Waals surface area contributed by atoms with E-state index in [4.69, 9.17) is 15.9 Å². The van der Waals surface area contributed by atoms with E-state index in [1.807, 2.05) is 0 Å². The summed E-state index contributed by atoms with van der Waals surface area (Å²) >= 11 is 0. The molecule has 0 aliphatic rings. The van der Waals surface area contributed by atoms with Gasteiger partial charge in [-0.25, -0.2) is 4.79 Å². The average Bonchev–Trinajstić information content (AvgIpc) is 2.30. The minimum absolute atomic E-state index is 0.317. The number of amides is 1. The summed E-state index contributed by atoms with van der Waals surface area (Å²) in [5.74, 6) is -1.34. The highest BCUT2D eigenvalue weighted by Gasteiger charge is 2.17. The van der Waals surface area contributed by atoms with Crippen molar-refractivity contribution in [2.75, 3.05) is 11.5 Å². The molecule has 0 aliphatic carbocycles. The lowest BCUT2D eigenvalue weighted by atomic mass is 10.2. The summed E-state index contributed by atoms with van der Waals surface area (Å²) in [5.41, 5.74) is 5.33. The monoisotopic (exact) mass is 310 g/mol. The number of nitrogens with two attached hydrogens (primary N) is 1. The van der Waals surface area contributed by atoms with Crippen LogP contribution in [0.5, 0.6) is 0 Å². The zero-order valence-corrected chi connectivity index (χ0v) is 12.1. The molecule has 0 aromatic rings. The van der Waals surface area contributed by atoms with Gasteiger partial charge in [0.25, 0.3) is 0 Å². The van der Waals surface area contributed by atoms with Crippen LogP contribution in [0.4, 0.5) is 0 Å². The summed E-state index contributed by atoms with van der Waals surface area (Å²) in [4.78, 5) is 32.0. The van der Waals surface area contributed by atoms with E-state index in [-0.39, 0.29) is 5.91 Å². The molecule has 1 amide bonds. The highest BCUT2D eigenvalue weighted by Crippen LogP contribution is 2.23. The maximum Gasteiger partial charge on any atom is 0.326 e. The normalized spacial score (nSPS) is 13.6. The lowest BCUT2D eigenvalue weighted by molar-refractivity contribution is -0.141. The summed E-state index contributed by atoms with van der Waals surface area (Å²) in [5, 5.41) is 19.7. The molecular weight excluding hydrogens is 292 g/mol. The molecule has 9 heteroatoms. The fraction of sp³-hybridized carbons (Fsp3) is 0.700. The molecule has 110 valence electrons. The van der Waals surface area contributed by atoms with Crippen molar-refractivity contribution in [2.24, 2.45) is 5.73 Å². The molecule has 0 unspecified atom stereocenters. The molecule has 2 atom stereocenters. The largest absolute Gasteiger partial charge is 0.480 e. The number of nitrogens with one attached hydrogen (secondary N) is 1. The van der Waals surface area contributed by atoms with Crippen LogP contribution < -0.4 is 11.1 Å². The molecule has 0 aromatic heterocycles. The van der Waals surface area contributed by atoms with Crippen molar-refractivity contribution in [3.05, 3.63) is 0 Å². The van der Waals surface area contributed by atoms with E-state index >= 15 is 0 Å². The molecule has 5 N–H and O–H groups in total. The van der Waals surface area contributed by atoms with Gasteiger partial charge in [0.2, 0.25) is 5.91 Å². The Hall–Kier alpha value is -0.930. The van der Waals surface area contributed by atoms with Gasteiger partial charge in [-0.2, -0.15) is 0 Å². The first kappa shape index (κ1) is 18.1. The van der Waals surface area contributed by atoms with Crippen LogP contribution in [0.15, 0.2) is 0 Å². The van der Waals surface area contributed by atoms with E-state index in [1.165, 1.54) is 28.5 Å². The number of carbonyl (C=O) groups excluding carboxylic acids is 1. The van der Waals surface area contributed by atoms with Crippen molar-refractivity contribution in [3.63, 3.8) is 0 Å². The van der Waals surface area contributed by atoms with Gasteiger partial charge in [-0.05, 0) is 12.8 Å². The molecular formula is C10H18N2O5S2. The molecule has 7 nitrogen and oxygen atoms in total. The number of aliphatic carboxylic acids is 2. The molecule has 0 saturated carbocycles. The molecule has 0 radical (unpaired) electrons. The Kier molecular flexibility index (Phi) is 9.44. The number of carboxylic acid groups (broad SMARTS) is 2. The van der Waals surface area contributed by atoms with Crippen molar-refractivity contribution < 1.29 is 24.6 Å². The minimum atomic E-state index is -1.06. The summed E-state index contributed by atoms with van der Waals surface area (Å²) < 4.78 is 0. The van der Waals surface area contributed by atoms with Crippen molar-refractivity contribution >= 4 is 39.4 Å². The number of carbonyl (C=O) groups is 3. The smallest absolute Gasteiger partial charge is 0.326 e. The molecule has 0 heterocycles. The second-order valence-electron chi connectivity index (χ2n) is 3.76.